The summed E-state index contributed by atoms with van der Waals surface area (Å²) in [7, 11) is 0. The lowest BCUT2D eigenvalue weighted by Gasteiger charge is -2.30. The highest BCUT2D eigenvalue weighted by atomic mass is 35.5. The third kappa shape index (κ3) is 6.30. The predicted molar refractivity (Wildman–Crippen MR) is 121 cm³/mol. The number of hydrogen-bond donors (Lipinski definition) is 1. The molecule has 39 heavy (non-hydrogen) atoms. The Morgan fingerprint density at radius 3 is 2.31 bits per heavy atom. The van der Waals surface area contributed by atoms with Crippen molar-refractivity contribution in [2.45, 2.75) is 44.3 Å². The number of fused-ring (bicyclic) bond motifs is 1. The standard InChI is InChI=1S/C23H18F9N5O.ClH/c24-15-8-17(26)16(25)6-11(15)5-12(33)7-19(38)36-3-4-37-18(10-36)20(35-21(37)23(30,31)32)13-9-34-2-1-14(13)22(27,28)29;/h1-2,6,8-9,12H,3-5,7,10,33H2;1H. The lowest BCUT2D eigenvalue weighted by Crippen LogP contribution is -2.42. The molecular weight excluding hydrogens is 569 g/mol. The number of imidazole rings is 1. The van der Waals surface area contributed by atoms with Crippen LogP contribution in [0.4, 0.5) is 39.5 Å². The van der Waals surface area contributed by atoms with Gasteiger partial charge >= 0.3 is 12.4 Å². The normalized spacial score (nSPS) is 14.6. The molecule has 4 rings (SSSR count). The number of alkyl halides is 6. The molecule has 1 amide bonds. The predicted octanol–water partition coefficient (Wildman–Crippen LogP) is 5.12. The first kappa shape index (κ1) is 30.2. The van der Waals surface area contributed by atoms with Gasteiger partial charge in [-0.3, -0.25) is 9.78 Å². The van der Waals surface area contributed by atoms with E-state index in [0.717, 1.165) is 17.3 Å². The highest BCUT2D eigenvalue weighted by Gasteiger charge is 2.42. The average molecular weight is 588 g/mol. The van der Waals surface area contributed by atoms with Gasteiger partial charge in [-0.1, -0.05) is 0 Å². The van der Waals surface area contributed by atoms with E-state index in [-0.39, 0.29) is 36.6 Å². The van der Waals surface area contributed by atoms with Gasteiger partial charge in [-0.25, -0.2) is 18.2 Å². The zero-order valence-corrected chi connectivity index (χ0v) is 20.4. The topological polar surface area (TPSA) is 77.0 Å². The van der Waals surface area contributed by atoms with Crippen molar-refractivity contribution >= 4 is 18.3 Å². The van der Waals surface area contributed by atoms with Gasteiger partial charge in [0.2, 0.25) is 11.7 Å². The van der Waals surface area contributed by atoms with Gasteiger partial charge in [0.25, 0.3) is 0 Å². The number of carbonyl (C=O) groups excluding carboxylic acids is 1. The molecule has 1 aromatic carbocycles. The van der Waals surface area contributed by atoms with Gasteiger partial charge in [-0.2, -0.15) is 26.3 Å². The number of amides is 1. The molecule has 0 aliphatic carbocycles. The van der Waals surface area contributed by atoms with E-state index < -0.39 is 83.9 Å². The van der Waals surface area contributed by atoms with E-state index >= 15 is 0 Å². The molecule has 2 N–H and O–H groups in total. The van der Waals surface area contributed by atoms with Gasteiger partial charge in [-0.05, 0) is 24.1 Å². The third-order valence-electron chi connectivity index (χ3n) is 6.00. The number of rotatable bonds is 5. The van der Waals surface area contributed by atoms with Crippen LogP contribution in [0.25, 0.3) is 11.3 Å². The molecule has 1 aliphatic heterocycles. The van der Waals surface area contributed by atoms with Crippen molar-refractivity contribution in [2.24, 2.45) is 5.73 Å². The van der Waals surface area contributed by atoms with Crippen LogP contribution in [0.15, 0.2) is 30.6 Å². The molecule has 3 aromatic rings. The molecule has 0 saturated heterocycles. The van der Waals surface area contributed by atoms with Crippen LogP contribution in [0, 0.1) is 17.5 Å². The van der Waals surface area contributed by atoms with Crippen LogP contribution in [-0.2, 0) is 36.7 Å². The smallest absolute Gasteiger partial charge is 0.335 e. The molecule has 0 bridgehead atoms. The molecule has 16 heteroatoms. The minimum atomic E-state index is -4.99. The Bertz CT molecular complexity index is 1370. The highest BCUT2D eigenvalue weighted by Crippen LogP contribution is 2.41. The highest BCUT2D eigenvalue weighted by molar-refractivity contribution is 5.85. The summed E-state index contributed by atoms with van der Waals surface area (Å²) >= 11 is 0. The fraction of sp³-hybridized carbons (Fsp3) is 0.348. The van der Waals surface area contributed by atoms with Crippen LogP contribution < -0.4 is 5.73 Å². The second-order valence-corrected chi connectivity index (χ2v) is 8.64. The first-order chi connectivity index (χ1) is 17.7. The number of nitrogens with two attached hydrogens (primary N) is 1. The van der Waals surface area contributed by atoms with Crippen molar-refractivity contribution in [1.29, 1.82) is 0 Å². The first-order valence-corrected chi connectivity index (χ1v) is 11.0. The van der Waals surface area contributed by atoms with E-state index in [1.165, 1.54) is 0 Å². The molecule has 0 spiro atoms. The van der Waals surface area contributed by atoms with E-state index in [1.807, 2.05) is 0 Å². The van der Waals surface area contributed by atoms with Crippen LogP contribution in [0.3, 0.4) is 0 Å². The zero-order chi connectivity index (χ0) is 28.0. The molecule has 2 aromatic heterocycles. The number of aromatic nitrogens is 3. The lowest BCUT2D eigenvalue weighted by atomic mass is 10.0. The molecule has 0 fully saturated rings. The van der Waals surface area contributed by atoms with E-state index in [2.05, 4.69) is 9.97 Å². The van der Waals surface area contributed by atoms with Gasteiger partial charge < -0.3 is 15.2 Å². The summed E-state index contributed by atoms with van der Waals surface area (Å²) in [6.45, 7) is -1.18. The Labute approximate surface area is 221 Å². The van der Waals surface area contributed by atoms with Crippen molar-refractivity contribution in [3.8, 4) is 11.3 Å². The number of benzene rings is 1. The van der Waals surface area contributed by atoms with E-state index in [1.54, 1.807) is 0 Å². The summed E-state index contributed by atoms with van der Waals surface area (Å²) < 4.78 is 123. The summed E-state index contributed by atoms with van der Waals surface area (Å²) in [6, 6.07) is 0.467. The fourth-order valence-corrected chi connectivity index (χ4v) is 4.27. The van der Waals surface area contributed by atoms with Crippen LogP contribution in [0.2, 0.25) is 0 Å². The van der Waals surface area contributed by atoms with Crippen molar-refractivity contribution < 1.29 is 44.3 Å². The number of carbonyl (C=O) groups is 1. The van der Waals surface area contributed by atoms with Gasteiger partial charge in [0.1, 0.15) is 5.82 Å². The molecular formula is C23H19ClF9N5O. The maximum atomic E-state index is 13.9. The lowest BCUT2D eigenvalue weighted by molar-refractivity contribution is -0.148. The Morgan fingerprint density at radius 1 is 1.00 bits per heavy atom. The van der Waals surface area contributed by atoms with Gasteiger partial charge in [0.05, 0.1) is 23.5 Å². The number of pyridine rings is 1. The molecule has 0 saturated carbocycles. The molecule has 0 radical (unpaired) electrons. The second-order valence-electron chi connectivity index (χ2n) is 8.64. The first-order valence-electron chi connectivity index (χ1n) is 11.0. The SMILES string of the molecule is Cl.NC(CC(=O)N1CCn2c(C(F)(F)F)nc(-c3cnccc3C(F)(F)F)c2C1)Cc1cc(F)c(F)cc1F. The van der Waals surface area contributed by atoms with E-state index in [9.17, 15) is 44.3 Å². The molecule has 1 aliphatic rings. The fourth-order valence-electron chi connectivity index (χ4n) is 4.27. The quantitative estimate of drug-likeness (QED) is 0.332. The van der Waals surface area contributed by atoms with Gasteiger partial charge in [0, 0.05) is 49.6 Å². The van der Waals surface area contributed by atoms with Crippen molar-refractivity contribution in [3.63, 3.8) is 0 Å². The molecule has 6 nitrogen and oxygen atoms in total. The molecule has 212 valence electrons. The van der Waals surface area contributed by atoms with E-state index in [0.29, 0.717) is 22.8 Å². The van der Waals surface area contributed by atoms with Crippen LogP contribution in [0.5, 0.6) is 0 Å². The van der Waals surface area contributed by atoms with Crippen LogP contribution >= 0.6 is 12.4 Å². The van der Waals surface area contributed by atoms with Gasteiger partial charge in [-0.15, -0.1) is 12.4 Å². The largest absolute Gasteiger partial charge is 0.449 e. The Morgan fingerprint density at radius 2 is 1.67 bits per heavy atom. The van der Waals surface area contributed by atoms with Crippen molar-refractivity contribution in [2.75, 3.05) is 6.54 Å². The Balaban J connectivity index is 0.00000420. The van der Waals surface area contributed by atoms with Gasteiger partial charge in [0.15, 0.2) is 11.6 Å². The maximum Gasteiger partial charge on any atom is 0.449 e. The molecule has 1 atom stereocenters. The second kappa shape index (κ2) is 11.0. The summed E-state index contributed by atoms with van der Waals surface area (Å²) in [4.78, 5) is 21.0. The van der Waals surface area contributed by atoms with Crippen molar-refractivity contribution in [3.05, 3.63) is 70.7 Å². The average Bonchev–Trinajstić information content (AvgIpc) is 3.21. The third-order valence-corrected chi connectivity index (χ3v) is 6.00. The summed E-state index contributed by atoms with van der Waals surface area (Å²) in [6.07, 6.45) is -9.12. The number of halogens is 10. The van der Waals surface area contributed by atoms with Crippen molar-refractivity contribution in [1.82, 2.24) is 19.4 Å². The monoisotopic (exact) mass is 587 g/mol. The number of nitrogens with zero attached hydrogens (tertiary/aromatic N) is 4. The van der Waals surface area contributed by atoms with Crippen LogP contribution in [-0.4, -0.2) is 37.9 Å². The summed E-state index contributed by atoms with van der Waals surface area (Å²) in [5.41, 5.74) is 2.77. The zero-order valence-electron chi connectivity index (χ0n) is 19.6. The minimum absolute atomic E-state index is 0. The number of hydrogen-bond acceptors (Lipinski definition) is 4. The Kier molecular flexibility index (Phi) is 8.55. The minimum Gasteiger partial charge on any atom is -0.335 e. The summed E-state index contributed by atoms with van der Waals surface area (Å²) in [5, 5.41) is 0. The van der Waals surface area contributed by atoms with E-state index in [4.69, 9.17) is 5.73 Å². The molecule has 1 unspecified atom stereocenters. The maximum absolute atomic E-state index is 13.9. The Hall–Kier alpha value is -3.33. The van der Waals surface area contributed by atoms with Crippen LogP contribution in [0.1, 0.15) is 29.1 Å². The summed E-state index contributed by atoms with van der Waals surface area (Å²) in [5.74, 6) is -5.90. The molecule has 3 heterocycles.